The summed E-state index contributed by atoms with van der Waals surface area (Å²) < 4.78 is 5.52. The number of nitrogens with two attached hydrogens (primary N) is 1. The molecule has 1 aromatic heterocycles. The standard InChI is InChI=1S/C9H11N3O5/c1-3-17-9(14)5-4-6(12(15)16)8(13)11(2)7(5)10/h4H,3,10H2,1-2H3. The van der Waals surface area contributed by atoms with E-state index in [9.17, 15) is 19.7 Å². The van der Waals surface area contributed by atoms with Gasteiger partial charge in [-0.05, 0) is 6.92 Å². The Morgan fingerprint density at radius 1 is 1.65 bits per heavy atom. The molecule has 0 radical (unpaired) electrons. The molecule has 8 nitrogen and oxygen atoms in total. The van der Waals surface area contributed by atoms with Crippen LogP contribution in [0.2, 0.25) is 0 Å². The van der Waals surface area contributed by atoms with Crippen molar-refractivity contribution in [2.75, 3.05) is 12.3 Å². The van der Waals surface area contributed by atoms with Gasteiger partial charge in [0.15, 0.2) is 0 Å². The topological polar surface area (TPSA) is 117 Å². The van der Waals surface area contributed by atoms with Gasteiger partial charge < -0.3 is 10.5 Å². The van der Waals surface area contributed by atoms with Crippen molar-refractivity contribution < 1.29 is 14.5 Å². The van der Waals surface area contributed by atoms with Crippen molar-refractivity contribution in [1.29, 1.82) is 0 Å². The molecule has 8 heteroatoms. The summed E-state index contributed by atoms with van der Waals surface area (Å²) >= 11 is 0. The van der Waals surface area contributed by atoms with Gasteiger partial charge in [-0.25, -0.2) is 4.79 Å². The molecule has 0 saturated carbocycles. The summed E-state index contributed by atoms with van der Waals surface area (Å²) in [5.74, 6) is -0.970. The van der Waals surface area contributed by atoms with Crippen molar-refractivity contribution in [1.82, 2.24) is 4.57 Å². The van der Waals surface area contributed by atoms with E-state index in [1.807, 2.05) is 0 Å². The molecule has 17 heavy (non-hydrogen) atoms. The molecule has 0 aliphatic heterocycles. The van der Waals surface area contributed by atoms with Gasteiger partial charge in [0.25, 0.3) is 0 Å². The third-order valence-electron chi connectivity index (χ3n) is 2.13. The average molecular weight is 241 g/mol. The zero-order chi connectivity index (χ0) is 13.2. The van der Waals surface area contributed by atoms with Crippen molar-refractivity contribution in [2.24, 2.45) is 7.05 Å². The Morgan fingerprint density at radius 2 is 2.24 bits per heavy atom. The second-order valence-corrected chi connectivity index (χ2v) is 3.17. The summed E-state index contributed by atoms with van der Waals surface area (Å²) in [4.78, 5) is 32.7. The maximum Gasteiger partial charge on any atom is 0.342 e. The molecule has 0 amide bonds. The van der Waals surface area contributed by atoms with Gasteiger partial charge in [0.2, 0.25) is 0 Å². The lowest BCUT2D eigenvalue weighted by atomic mass is 10.2. The SMILES string of the molecule is CCOC(=O)c1cc([N+](=O)[O-])c(=O)n(C)c1N. The third-order valence-corrected chi connectivity index (χ3v) is 2.13. The quantitative estimate of drug-likeness (QED) is 0.454. The molecule has 0 spiro atoms. The largest absolute Gasteiger partial charge is 0.462 e. The maximum absolute atomic E-state index is 11.5. The molecule has 0 saturated heterocycles. The molecule has 0 aliphatic carbocycles. The highest BCUT2D eigenvalue weighted by Gasteiger charge is 2.22. The van der Waals surface area contributed by atoms with Gasteiger partial charge in [0.1, 0.15) is 11.4 Å². The first kappa shape index (κ1) is 12.7. The van der Waals surface area contributed by atoms with Gasteiger partial charge in [0.05, 0.1) is 11.5 Å². The van der Waals surface area contributed by atoms with E-state index in [-0.39, 0.29) is 18.0 Å². The normalized spacial score (nSPS) is 10.0. The Balaban J connectivity index is 3.47. The summed E-state index contributed by atoms with van der Waals surface area (Å²) in [6, 6.07) is 0.829. The lowest BCUT2D eigenvalue weighted by Crippen LogP contribution is -2.25. The van der Waals surface area contributed by atoms with E-state index in [1.165, 1.54) is 7.05 Å². The van der Waals surface area contributed by atoms with E-state index >= 15 is 0 Å². The van der Waals surface area contributed by atoms with E-state index < -0.39 is 22.1 Å². The van der Waals surface area contributed by atoms with Crippen LogP contribution in [0.25, 0.3) is 0 Å². The Bertz CT molecular complexity index is 534. The molecule has 1 rings (SSSR count). The number of carbonyl (C=O) groups excluding carboxylic acids is 1. The van der Waals surface area contributed by atoms with Crippen LogP contribution in [0.4, 0.5) is 11.5 Å². The number of hydrogen-bond acceptors (Lipinski definition) is 6. The molecular formula is C9H11N3O5. The van der Waals surface area contributed by atoms with E-state index in [1.54, 1.807) is 6.92 Å². The Kier molecular flexibility index (Phi) is 3.46. The molecule has 0 fully saturated rings. The predicted octanol–water partition coefficient (Wildman–Crippen LogP) is 0.0524. The molecule has 0 aromatic carbocycles. The molecule has 0 aliphatic rings. The number of nitro groups is 1. The fourth-order valence-corrected chi connectivity index (χ4v) is 1.24. The van der Waals surface area contributed by atoms with Crippen molar-refractivity contribution >= 4 is 17.5 Å². The zero-order valence-electron chi connectivity index (χ0n) is 9.30. The van der Waals surface area contributed by atoms with Crippen LogP contribution in [0.3, 0.4) is 0 Å². The van der Waals surface area contributed by atoms with Gasteiger partial charge in [-0.2, -0.15) is 0 Å². The zero-order valence-corrected chi connectivity index (χ0v) is 9.30. The van der Waals surface area contributed by atoms with Crippen LogP contribution in [0.5, 0.6) is 0 Å². The maximum atomic E-state index is 11.5. The molecule has 92 valence electrons. The van der Waals surface area contributed by atoms with Gasteiger partial charge >= 0.3 is 17.2 Å². The second-order valence-electron chi connectivity index (χ2n) is 3.17. The number of carbonyl (C=O) groups is 1. The summed E-state index contributed by atoms with van der Waals surface area (Å²) in [7, 11) is 1.24. The molecular weight excluding hydrogens is 230 g/mol. The van der Waals surface area contributed by atoms with Crippen molar-refractivity contribution in [3.8, 4) is 0 Å². The van der Waals surface area contributed by atoms with Gasteiger partial charge in [-0.15, -0.1) is 0 Å². The van der Waals surface area contributed by atoms with E-state index in [4.69, 9.17) is 5.73 Å². The number of aromatic nitrogens is 1. The second kappa shape index (κ2) is 4.64. The minimum Gasteiger partial charge on any atom is -0.462 e. The molecule has 1 aromatic rings. The first-order valence-corrected chi connectivity index (χ1v) is 4.71. The van der Waals surface area contributed by atoms with Crippen LogP contribution in [0, 0.1) is 10.1 Å². The molecule has 0 unspecified atom stereocenters. The van der Waals surface area contributed by atoms with Crippen molar-refractivity contribution in [3.63, 3.8) is 0 Å². The summed E-state index contributed by atoms with van der Waals surface area (Å²) in [6.45, 7) is 1.69. The Morgan fingerprint density at radius 3 is 2.71 bits per heavy atom. The fraction of sp³-hybridized carbons (Fsp3) is 0.333. The van der Waals surface area contributed by atoms with Crippen molar-refractivity contribution in [3.05, 3.63) is 32.1 Å². The summed E-state index contributed by atoms with van der Waals surface area (Å²) in [6.07, 6.45) is 0. The number of nitrogens with zero attached hydrogens (tertiary/aromatic N) is 2. The first-order valence-electron chi connectivity index (χ1n) is 4.71. The number of esters is 1. The predicted molar refractivity (Wildman–Crippen MR) is 58.7 cm³/mol. The number of nitrogen functional groups attached to an aromatic ring is 1. The minimum absolute atomic E-state index is 0.106. The van der Waals surface area contributed by atoms with Gasteiger partial charge in [-0.3, -0.25) is 19.5 Å². The first-order chi connectivity index (χ1) is 7.90. The van der Waals surface area contributed by atoms with E-state index in [0.29, 0.717) is 0 Å². The van der Waals surface area contributed by atoms with Crippen molar-refractivity contribution in [2.45, 2.75) is 6.92 Å². The number of pyridine rings is 1. The molecule has 0 bridgehead atoms. The average Bonchev–Trinajstić information content (AvgIpc) is 2.26. The number of anilines is 1. The van der Waals surface area contributed by atoms with Crippen LogP contribution >= 0.6 is 0 Å². The fourth-order valence-electron chi connectivity index (χ4n) is 1.24. The van der Waals surface area contributed by atoms with Crippen LogP contribution in [0.1, 0.15) is 17.3 Å². The van der Waals surface area contributed by atoms with E-state index in [0.717, 1.165) is 10.6 Å². The highest BCUT2D eigenvalue weighted by atomic mass is 16.6. The molecule has 2 N–H and O–H groups in total. The molecule has 0 atom stereocenters. The lowest BCUT2D eigenvalue weighted by molar-refractivity contribution is -0.386. The van der Waals surface area contributed by atoms with Gasteiger partial charge in [0, 0.05) is 13.1 Å². The monoisotopic (exact) mass is 241 g/mol. The highest BCUT2D eigenvalue weighted by Crippen LogP contribution is 2.15. The third kappa shape index (κ3) is 2.25. The van der Waals surface area contributed by atoms with Crippen LogP contribution in [0.15, 0.2) is 10.9 Å². The summed E-state index contributed by atoms with van der Waals surface area (Å²) in [5.41, 5.74) is 3.74. The number of hydrogen-bond donors (Lipinski definition) is 1. The number of rotatable bonds is 3. The summed E-state index contributed by atoms with van der Waals surface area (Å²) in [5, 5.41) is 10.6. The molecule has 1 heterocycles. The van der Waals surface area contributed by atoms with Gasteiger partial charge in [-0.1, -0.05) is 0 Å². The van der Waals surface area contributed by atoms with Crippen LogP contribution in [-0.4, -0.2) is 22.1 Å². The van der Waals surface area contributed by atoms with Crippen LogP contribution in [-0.2, 0) is 11.8 Å². The number of ether oxygens (including phenoxy) is 1. The van der Waals surface area contributed by atoms with Crippen LogP contribution < -0.4 is 11.3 Å². The highest BCUT2D eigenvalue weighted by molar-refractivity contribution is 5.94. The smallest absolute Gasteiger partial charge is 0.342 e. The Hall–Kier alpha value is -2.38. The minimum atomic E-state index is -0.874. The van der Waals surface area contributed by atoms with E-state index in [2.05, 4.69) is 4.74 Å². The lowest BCUT2D eigenvalue weighted by Gasteiger charge is -2.08. The Labute approximate surface area is 95.8 Å².